The van der Waals surface area contributed by atoms with Crippen molar-refractivity contribution in [2.45, 2.75) is 26.1 Å². The van der Waals surface area contributed by atoms with Crippen molar-refractivity contribution in [3.8, 4) is 11.6 Å². The van der Waals surface area contributed by atoms with Crippen LogP contribution >= 0.6 is 0 Å². The van der Waals surface area contributed by atoms with Gasteiger partial charge in [0.05, 0.1) is 28.9 Å². The van der Waals surface area contributed by atoms with E-state index in [9.17, 15) is 23.1 Å². The summed E-state index contributed by atoms with van der Waals surface area (Å²) >= 11 is 0. The van der Waals surface area contributed by atoms with Crippen molar-refractivity contribution in [1.82, 2.24) is 15.0 Å². The first kappa shape index (κ1) is 20.5. The highest BCUT2D eigenvalue weighted by Gasteiger charge is 2.30. The number of hydrogen-bond acceptors (Lipinski definition) is 5. The number of nitrogens with zero attached hydrogens (tertiary/aromatic N) is 3. The number of carboxylic acid groups (broad SMARTS) is 1. The van der Waals surface area contributed by atoms with Gasteiger partial charge in [-0.15, -0.1) is 5.10 Å². The van der Waals surface area contributed by atoms with Crippen LogP contribution in [0, 0.1) is 6.92 Å². The summed E-state index contributed by atoms with van der Waals surface area (Å²) in [5, 5.41) is 18.3. The summed E-state index contributed by atoms with van der Waals surface area (Å²) < 4.78 is 49.6. The Bertz CT molecular complexity index is 1240. The Balaban J connectivity index is 1.56. The maximum Gasteiger partial charge on any atom is 0.416 e. The fourth-order valence-corrected chi connectivity index (χ4v) is 3.09. The molecule has 0 aliphatic heterocycles. The average Bonchev–Trinajstić information content (AvgIpc) is 3.26. The van der Waals surface area contributed by atoms with Crippen molar-refractivity contribution in [2.75, 3.05) is 0 Å². The topological polar surface area (TPSA) is 90.4 Å². The van der Waals surface area contributed by atoms with Crippen LogP contribution in [-0.2, 0) is 24.0 Å². The Morgan fingerprint density at radius 1 is 1.13 bits per heavy atom. The van der Waals surface area contributed by atoms with Gasteiger partial charge in [-0.25, -0.2) is 0 Å². The van der Waals surface area contributed by atoms with E-state index in [1.54, 1.807) is 31.2 Å². The molecule has 0 saturated heterocycles. The maximum absolute atomic E-state index is 12.7. The van der Waals surface area contributed by atoms with E-state index in [-0.39, 0.29) is 19.0 Å². The monoisotopic (exact) mass is 431 g/mol. The molecule has 0 radical (unpaired) electrons. The van der Waals surface area contributed by atoms with Crippen LogP contribution in [0.1, 0.15) is 22.5 Å². The van der Waals surface area contributed by atoms with Gasteiger partial charge in [-0.3, -0.25) is 4.79 Å². The number of ether oxygens (including phenoxy) is 1. The molecule has 7 nitrogen and oxygen atoms in total. The van der Waals surface area contributed by atoms with Gasteiger partial charge in [0, 0.05) is 5.39 Å². The largest absolute Gasteiger partial charge is 0.481 e. The molecule has 0 saturated carbocycles. The first-order chi connectivity index (χ1) is 14.7. The Morgan fingerprint density at radius 3 is 2.52 bits per heavy atom. The molecule has 4 aromatic rings. The molecule has 0 unspecified atom stereocenters. The van der Waals surface area contributed by atoms with Crippen LogP contribution in [0.2, 0.25) is 0 Å². The SMILES string of the molecule is Cc1nn(-c2ccc(C(F)(F)F)cc2)nc1COc1oc2ccccc2c1CC(=O)O. The predicted octanol–water partition coefficient (Wildman–Crippen LogP) is 4.55. The zero-order chi connectivity index (χ0) is 22.2. The number of rotatable bonds is 6. The summed E-state index contributed by atoms with van der Waals surface area (Å²) in [4.78, 5) is 12.5. The van der Waals surface area contributed by atoms with E-state index in [2.05, 4.69) is 10.2 Å². The Morgan fingerprint density at radius 2 is 1.84 bits per heavy atom. The minimum atomic E-state index is -4.43. The number of alkyl halides is 3. The van der Waals surface area contributed by atoms with Crippen LogP contribution in [0.15, 0.2) is 52.9 Å². The lowest BCUT2D eigenvalue weighted by Gasteiger charge is -2.07. The second-order valence-electron chi connectivity index (χ2n) is 6.79. The van der Waals surface area contributed by atoms with Crippen molar-refractivity contribution in [2.24, 2.45) is 0 Å². The highest BCUT2D eigenvalue weighted by molar-refractivity contribution is 5.87. The van der Waals surface area contributed by atoms with Gasteiger partial charge in [-0.05, 0) is 37.3 Å². The van der Waals surface area contributed by atoms with E-state index >= 15 is 0 Å². The van der Waals surface area contributed by atoms with Crippen LogP contribution < -0.4 is 4.74 Å². The van der Waals surface area contributed by atoms with Gasteiger partial charge in [0.25, 0.3) is 5.95 Å². The van der Waals surface area contributed by atoms with Crippen LogP contribution in [0.3, 0.4) is 0 Å². The number of carboxylic acids is 1. The Hall–Kier alpha value is -3.82. The zero-order valence-electron chi connectivity index (χ0n) is 16.2. The summed E-state index contributed by atoms with van der Waals surface area (Å²) in [5.74, 6) is -0.951. The quantitative estimate of drug-likeness (QED) is 0.482. The van der Waals surface area contributed by atoms with E-state index in [0.29, 0.717) is 33.6 Å². The van der Waals surface area contributed by atoms with E-state index in [1.807, 2.05) is 0 Å². The molecule has 0 amide bonds. The molecule has 2 aromatic carbocycles. The number of aryl methyl sites for hydroxylation is 1. The second-order valence-corrected chi connectivity index (χ2v) is 6.79. The molecule has 0 aliphatic rings. The maximum atomic E-state index is 12.7. The number of aliphatic carboxylic acids is 1. The minimum Gasteiger partial charge on any atom is -0.481 e. The van der Waals surface area contributed by atoms with Gasteiger partial charge < -0.3 is 14.3 Å². The molecule has 31 heavy (non-hydrogen) atoms. The molecular weight excluding hydrogens is 415 g/mol. The van der Waals surface area contributed by atoms with Gasteiger partial charge >= 0.3 is 12.1 Å². The Labute approximate surface area is 173 Å². The smallest absolute Gasteiger partial charge is 0.416 e. The average molecular weight is 431 g/mol. The highest BCUT2D eigenvalue weighted by atomic mass is 19.4. The molecule has 1 N–H and O–H groups in total. The van der Waals surface area contributed by atoms with Crippen molar-refractivity contribution in [3.63, 3.8) is 0 Å². The summed E-state index contributed by atoms with van der Waals surface area (Å²) in [5.41, 5.74) is 1.45. The molecule has 0 spiro atoms. The fraction of sp³-hybridized carbons (Fsp3) is 0.190. The number of furan rings is 1. The third kappa shape index (κ3) is 4.23. The third-order valence-corrected chi connectivity index (χ3v) is 4.63. The normalized spacial score (nSPS) is 11.7. The van der Waals surface area contributed by atoms with Crippen LogP contribution in [0.25, 0.3) is 16.7 Å². The molecule has 0 fully saturated rings. The lowest BCUT2D eigenvalue weighted by Crippen LogP contribution is -2.06. The minimum absolute atomic E-state index is 0.0566. The number of halogens is 3. The Kier molecular flexibility index (Phi) is 5.14. The van der Waals surface area contributed by atoms with Crippen LogP contribution in [0.5, 0.6) is 5.95 Å². The lowest BCUT2D eigenvalue weighted by molar-refractivity contribution is -0.138. The molecule has 2 aromatic heterocycles. The predicted molar refractivity (Wildman–Crippen MR) is 103 cm³/mol. The molecular formula is C21H16F3N3O4. The van der Waals surface area contributed by atoms with Gasteiger partial charge in [0.15, 0.2) is 0 Å². The van der Waals surface area contributed by atoms with E-state index < -0.39 is 17.7 Å². The second kappa shape index (κ2) is 7.78. The number of para-hydroxylation sites is 1. The molecule has 0 atom stereocenters. The summed E-state index contributed by atoms with van der Waals surface area (Å²) in [6.45, 7) is 1.63. The first-order valence-corrected chi connectivity index (χ1v) is 9.18. The molecule has 10 heteroatoms. The number of aromatic nitrogens is 3. The highest BCUT2D eigenvalue weighted by Crippen LogP contribution is 2.33. The fourth-order valence-electron chi connectivity index (χ4n) is 3.09. The number of benzene rings is 2. The first-order valence-electron chi connectivity index (χ1n) is 9.18. The number of fused-ring (bicyclic) bond motifs is 1. The van der Waals surface area contributed by atoms with Gasteiger partial charge in [0.1, 0.15) is 17.9 Å². The van der Waals surface area contributed by atoms with E-state index in [1.165, 1.54) is 16.9 Å². The number of carbonyl (C=O) groups is 1. The third-order valence-electron chi connectivity index (χ3n) is 4.63. The molecule has 160 valence electrons. The number of hydrogen-bond donors (Lipinski definition) is 1. The lowest BCUT2D eigenvalue weighted by atomic mass is 10.1. The molecule has 0 aliphatic carbocycles. The van der Waals surface area contributed by atoms with Crippen molar-refractivity contribution in [1.29, 1.82) is 0 Å². The van der Waals surface area contributed by atoms with Crippen molar-refractivity contribution < 1.29 is 32.2 Å². The van der Waals surface area contributed by atoms with E-state index in [0.717, 1.165) is 12.1 Å². The van der Waals surface area contributed by atoms with E-state index in [4.69, 9.17) is 9.15 Å². The zero-order valence-corrected chi connectivity index (χ0v) is 16.2. The summed E-state index contributed by atoms with van der Waals surface area (Å²) in [7, 11) is 0. The van der Waals surface area contributed by atoms with Gasteiger partial charge in [-0.1, -0.05) is 18.2 Å². The molecule has 0 bridgehead atoms. The van der Waals surface area contributed by atoms with Gasteiger partial charge in [-0.2, -0.15) is 23.1 Å². The van der Waals surface area contributed by atoms with Crippen LogP contribution in [0.4, 0.5) is 13.2 Å². The standard InChI is InChI=1S/C21H16F3N3O4/c1-12-17(26-27(25-12)14-8-6-13(7-9-14)21(22,23)24)11-30-20-16(10-19(28)29)15-4-2-3-5-18(15)31-20/h2-9H,10-11H2,1H3,(H,28,29). The summed E-state index contributed by atoms with van der Waals surface area (Å²) in [6, 6.07) is 11.4. The van der Waals surface area contributed by atoms with Crippen LogP contribution in [-0.4, -0.2) is 26.1 Å². The van der Waals surface area contributed by atoms with Crippen molar-refractivity contribution in [3.05, 3.63) is 71.0 Å². The van der Waals surface area contributed by atoms with Crippen molar-refractivity contribution >= 4 is 16.9 Å². The summed E-state index contributed by atoms with van der Waals surface area (Å²) in [6.07, 6.45) is -4.70. The van der Waals surface area contributed by atoms with Gasteiger partial charge in [0.2, 0.25) is 0 Å². The molecule has 2 heterocycles. The molecule has 4 rings (SSSR count).